The molecule has 7 heteroatoms. The Labute approximate surface area is 113 Å². The molecule has 1 aromatic carbocycles. The summed E-state index contributed by atoms with van der Waals surface area (Å²) in [5.41, 5.74) is -1.97. The third-order valence-electron chi connectivity index (χ3n) is 4.37. The number of hydrogen-bond donors (Lipinski definition) is 1. The molecule has 2 aliphatic heterocycles. The summed E-state index contributed by atoms with van der Waals surface area (Å²) in [5, 5.41) is 14.1. The number of alkyl halides is 3. The molecule has 2 heterocycles. The van der Waals surface area contributed by atoms with E-state index in [4.69, 9.17) is 0 Å². The van der Waals surface area contributed by atoms with Crippen LogP contribution in [0.15, 0.2) is 18.2 Å². The van der Waals surface area contributed by atoms with Gasteiger partial charge in [0.1, 0.15) is 5.56 Å². The van der Waals surface area contributed by atoms with Crippen LogP contribution in [0, 0.1) is 10.1 Å². The van der Waals surface area contributed by atoms with Gasteiger partial charge in [0.15, 0.2) is 0 Å². The number of rotatable bonds is 2. The van der Waals surface area contributed by atoms with E-state index in [1.165, 1.54) is 6.07 Å². The van der Waals surface area contributed by atoms with Crippen molar-refractivity contribution in [3.8, 4) is 0 Å². The average molecular weight is 286 g/mol. The van der Waals surface area contributed by atoms with E-state index >= 15 is 0 Å². The highest BCUT2D eigenvalue weighted by atomic mass is 19.4. The van der Waals surface area contributed by atoms with Gasteiger partial charge in [-0.05, 0) is 37.3 Å². The van der Waals surface area contributed by atoms with E-state index in [1.807, 2.05) is 0 Å². The first kappa shape index (κ1) is 13.4. The molecule has 0 atom stereocenters. The molecule has 0 unspecified atom stereocenters. The molecule has 2 fully saturated rings. The minimum absolute atomic E-state index is 0.361. The van der Waals surface area contributed by atoms with Gasteiger partial charge in [0.05, 0.1) is 4.92 Å². The summed E-state index contributed by atoms with van der Waals surface area (Å²) < 4.78 is 39.0. The Kier molecular flexibility index (Phi) is 2.79. The Bertz CT molecular complexity index is 563. The lowest BCUT2D eigenvalue weighted by Gasteiger charge is -2.27. The predicted molar refractivity (Wildman–Crippen MR) is 65.2 cm³/mol. The van der Waals surface area contributed by atoms with Crippen molar-refractivity contribution in [2.24, 2.45) is 0 Å². The predicted octanol–water partition coefficient (Wildman–Crippen LogP) is 3.35. The second-order valence-electron chi connectivity index (χ2n) is 5.49. The van der Waals surface area contributed by atoms with Crippen molar-refractivity contribution in [2.45, 2.75) is 43.4 Å². The summed E-state index contributed by atoms with van der Waals surface area (Å²) in [6, 6.07) is 3.73. The van der Waals surface area contributed by atoms with Crippen molar-refractivity contribution >= 4 is 5.69 Å². The third-order valence-corrected chi connectivity index (χ3v) is 4.37. The molecule has 1 N–H and O–H groups in total. The SMILES string of the molecule is O=[N+]([O-])c1ccc(C23CCC(CC2)N3)cc1C(F)(F)F. The minimum atomic E-state index is -4.72. The molecule has 0 amide bonds. The molecular weight excluding hydrogens is 273 g/mol. The van der Waals surface area contributed by atoms with Gasteiger partial charge in [0.25, 0.3) is 5.69 Å². The van der Waals surface area contributed by atoms with Crippen LogP contribution in [0.1, 0.15) is 36.8 Å². The maximum atomic E-state index is 13.0. The number of benzene rings is 1. The van der Waals surface area contributed by atoms with Crippen LogP contribution in [0.25, 0.3) is 0 Å². The smallest absolute Gasteiger partial charge is 0.305 e. The number of nitro groups is 1. The number of hydrogen-bond acceptors (Lipinski definition) is 3. The van der Waals surface area contributed by atoms with E-state index in [1.54, 1.807) is 0 Å². The average Bonchev–Trinajstić information content (AvgIpc) is 2.98. The molecule has 3 rings (SSSR count). The molecule has 20 heavy (non-hydrogen) atoms. The van der Waals surface area contributed by atoms with Crippen LogP contribution >= 0.6 is 0 Å². The summed E-state index contributed by atoms with van der Waals surface area (Å²) in [7, 11) is 0. The van der Waals surface area contributed by atoms with Gasteiger partial charge < -0.3 is 5.32 Å². The molecule has 108 valence electrons. The van der Waals surface area contributed by atoms with Gasteiger partial charge in [-0.25, -0.2) is 0 Å². The molecule has 4 nitrogen and oxygen atoms in total. The van der Waals surface area contributed by atoms with Crippen LogP contribution in [0.2, 0.25) is 0 Å². The maximum Gasteiger partial charge on any atom is 0.423 e. The number of nitrogens with one attached hydrogen (secondary N) is 1. The lowest BCUT2D eigenvalue weighted by molar-refractivity contribution is -0.388. The van der Waals surface area contributed by atoms with Crippen molar-refractivity contribution in [1.29, 1.82) is 0 Å². The monoisotopic (exact) mass is 286 g/mol. The molecule has 0 aliphatic carbocycles. The molecule has 2 saturated heterocycles. The minimum Gasteiger partial charge on any atom is -0.305 e. The molecule has 0 aromatic heterocycles. The van der Waals surface area contributed by atoms with Gasteiger partial charge >= 0.3 is 6.18 Å². The molecule has 0 saturated carbocycles. The topological polar surface area (TPSA) is 55.2 Å². The van der Waals surface area contributed by atoms with Gasteiger partial charge in [0, 0.05) is 17.6 Å². The van der Waals surface area contributed by atoms with Crippen LogP contribution in [0.5, 0.6) is 0 Å². The van der Waals surface area contributed by atoms with Gasteiger partial charge in [-0.15, -0.1) is 0 Å². The fourth-order valence-electron chi connectivity index (χ4n) is 3.38. The van der Waals surface area contributed by atoms with Gasteiger partial charge in [-0.3, -0.25) is 10.1 Å². The van der Waals surface area contributed by atoms with E-state index in [0.717, 1.165) is 37.8 Å². The zero-order chi connectivity index (χ0) is 14.5. The Morgan fingerprint density at radius 2 is 1.95 bits per heavy atom. The Balaban J connectivity index is 2.08. The Hall–Kier alpha value is -1.63. The van der Waals surface area contributed by atoms with Crippen molar-refractivity contribution in [3.05, 3.63) is 39.4 Å². The van der Waals surface area contributed by atoms with E-state index in [-0.39, 0.29) is 0 Å². The summed E-state index contributed by atoms with van der Waals surface area (Å²) in [6.45, 7) is 0. The second kappa shape index (κ2) is 4.18. The first-order chi connectivity index (χ1) is 9.32. The summed E-state index contributed by atoms with van der Waals surface area (Å²) >= 11 is 0. The van der Waals surface area contributed by atoms with Crippen LogP contribution in [-0.2, 0) is 11.7 Å². The number of halogens is 3. The van der Waals surface area contributed by atoms with Crippen molar-refractivity contribution in [1.82, 2.24) is 5.32 Å². The largest absolute Gasteiger partial charge is 0.423 e. The highest BCUT2D eigenvalue weighted by Gasteiger charge is 2.47. The summed E-state index contributed by atoms with van der Waals surface area (Å²) in [6.07, 6.45) is -1.26. The second-order valence-corrected chi connectivity index (χ2v) is 5.49. The van der Waals surface area contributed by atoms with Gasteiger partial charge in [-0.2, -0.15) is 13.2 Å². The van der Waals surface area contributed by atoms with Crippen LogP contribution in [0.4, 0.5) is 18.9 Å². The molecule has 2 aliphatic rings. The van der Waals surface area contributed by atoms with Gasteiger partial charge in [-0.1, -0.05) is 6.07 Å². The van der Waals surface area contributed by atoms with Crippen LogP contribution in [0.3, 0.4) is 0 Å². The fraction of sp³-hybridized carbons (Fsp3) is 0.538. The van der Waals surface area contributed by atoms with Gasteiger partial charge in [0.2, 0.25) is 0 Å². The lowest BCUT2D eigenvalue weighted by atomic mass is 9.81. The number of fused-ring (bicyclic) bond motifs is 2. The number of nitrogens with zero attached hydrogens (tertiary/aromatic N) is 1. The molecule has 2 bridgehead atoms. The zero-order valence-corrected chi connectivity index (χ0v) is 10.5. The molecule has 0 spiro atoms. The third kappa shape index (κ3) is 1.96. The van der Waals surface area contributed by atoms with Crippen LogP contribution in [-0.4, -0.2) is 11.0 Å². The Morgan fingerprint density at radius 1 is 1.30 bits per heavy atom. The normalized spacial score (nSPS) is 28.9. The highest BCUT2D eigenvalue weighted by Crippen LogP contribution is 2.47. The van der Waals surface area contributed by atoms with Crippen molar-refractivity contribution in [3.63, 3.8) is 0 Å². The zero-order valence-electron chi connectivity index (χ0n) is 10.5. The number of nitro benzene ring substituents is 1. The van der Waals surface area contributed by atoms with E-state index in [2.05, 4.69) is 5.32 Å². The first-order valence-electron chi connectivity index (χ1n) is 6.46. The lowest BCUT2D eigenvalue weighted by Crippen LogP contribution is -2.33. The molecule has 1 aromatic rings. The van der Waals surface area contributed by atoms with E-state index < -0.39 is 27.9 Å². The molecular formula is C13H13F3N2O2. The van der Waals surface area contributed by atoms with Crippen LogP contribution < -0.4 is 5.32 Å². The molecule has 0 radical (unpaired) electrons. The van der Waals surface area contributed by atoms with Crippen molar-refractivity contribution in [2.75, 3.05) is 0 Å². The summed E-state index contributed by atoms with van der Waals surface area (Å²) in [5.74, 6) is 0. The summed E-state index contributed by atoms with van der Waals surface area (Å²) in [4.78, 5) is 9.77. The van der Waals surface area contributed by atoms with E-state index in [0.29, 0.717) is 11.6 Å². The standard InChI is InChI=1S/C13H13F3N2O2/c14-13(15,16)10-7-8(1-2-11(10)18(19)20)12-5-3-9(17-12)4-6-12/h1-2,7,9,17H,3-6H2. The maximum absolute atomic E-state index is 13.0. The highest BCUT2D eigenvalue weighted by molar-refractivity contribution is 5.47. The quantitative estimate of drug-likeness (QED) is 0.670. The fourth-order valence-corrected chi connectivity index (χ4v) is 3.38. The first-order valence-corrected chi connectivity index (χ1v) is 6.46. The van der Waals surface area contributed by atoms with E-state index in [9.17, 15) is 23.3 Å². The van der Waals surface area contributed by atoms with Crippen molar-refractivity contribution < 1.29 is 18.1 Å². The Morgan fingerprint density at radius 3 is 2.40 bits per heavy atom.